The van der Waals surface area contributed by atoms with Gasteiger partial charge in [-0.2, -0.15) is 0 Å². The molecule has 0 aliphatic heterocycles. The minimum Gasteiger partial charge on any atom is -0.481 e. The van der Waals surface area contributed by atoms with Crippen LogP contribution in [0, 0.1) is 0 Å². The SMILES string of the molecule is O=C(O)CSC=Cc1ccccc1.[K]. The van der Waals surface area contributed by atoms with E-state index in [1.165, 1.54) is 11.8 Å². The molecule has 0 atom stereocenters. The Balaban J connectivity index is 0.00000169. The summed E-state index contributed by atoms with van der Waals surface area (Å²) in [5.41, 5.74) is 1.08. The third kappa shape index (κ3) is 6.81. The van der Waals surface area contributed by atoms with E-state index in [-0.39, 0.29) is 57.1 Å². The zero-order valence-corrected chi connectivity index (χ0v) is 12.0. The molecule has 4 heteroatoms. The van der Waals surface area contributed by atoms with Gasteiger partial charge in [-0.05, 0) is 17.0 Å². The maximum absolute atomic E-state index is 10.2. The monoisotopic (exact) mass is 233 g/mol. The number of hydrogen-bond acceptors (Lipinski definition) is 2. The van der Waals surface area contributed by atoms with Crippen molar-refractivity contribution in [2.75, 3.05) is 5.75 Å². The summed E-state index contributed by atoms with van der Waals surface area (Å²) in [5.74, 6) is -0.675. The normalized spacial score (nSPS) is 9.71. The molecule has 1 rings (SSSR count). The topological polar surface area (TPSA) is 37.3 Å². The van der Waals surface area contributed by atoms with E-state index >= 15 is 0 Å². The van der Waals surface area contributed by atoms with Crippen LogP contribution in [-0.2, 0) is 4.79 Å². The van der Waals surface area contributed by atoms with E-state index in [1.54, 1.807) is 5.41 Å². The van der Waals surface area contributed by atoms with Crippen LogP contribution in [0.1, 0.15) is 5.56 Å². The molecule has 0 spiro atoms. The second-order valence-electron chi connectivity index (χ2n) is 2.42. The summed E-state index contributed by atoms with van der Waals surface area (Å²) < 4.78 is 0. The number of carboxylic acids is 1. The molecule has 1 N–H and O–H groups in total. The standard InChI is InChI=1S/C10H10O2S.K/c11-10(12)8-13-7-6-9-4-2-1-3-5-9;/h1-7H,8H2,(H,11,12);. The van der Waals surface area contributed by atoms with E-state index in [9.17, 15) is 4.79 Å². The Morgan fingerprint density at radius 1 is 1.36 bits per heavy atom. The van der Waals surface area contributed by atoms with Crippen molar-refractivity contribution in [3.8, 4) is 0 Å². The molecule has 0 aliphatic rings. The first-order valence-electron chi connectivity index (χ1n) is 3.84. The van der Waals surface area contributed by atoms with Crippen LogP contribution in [0.5, 0.6) is 0 Å². The van der Waals surface area contributed by atoms with Gasteiger partial charge in [-0.25, -0.2) is 0 Å². The van der Waals surface area contributed by atoms with Crippen LogP contribution < -0.4 is 0 Å². The van der Waals surface area contributed by atoms with Crippen molar-refractivity contribution in [3.63, 3.8) is 0 Å². The van der Waals surface area contributed by atoms with Gasteiger partial charge in [-0.3, -0.25) is 4.79 Å². The predicted molar refractivity (Wildman–Crippen MR) is 61.3 cm³/mol. The Kier molecular flexibility index (Phi) is 8.96. The molecule has 1 radical (unpaired) electrons. The second-order valence-corrected chi connectivity index (χ2v) is 3.31. The zero-order valence-electron chi connectivity index (χ0n) is 8.01. The van der Waals surface area contributed by atoms with Gasteiger partial charge in [-0.15, -0.1) is 11.8 Å². The van der Waals surface area contributed by atoms with Gasteiger partial charge in [0.15, 0.2) is 0 Å². The van der Waals surface area contributed by atoms with Crippen molar-refractivity contribution in [3.05, 3.63) is 41.3 Å². The molecular formula is C10H10KO2S. The molecular weight excluding hydrogens is 223 g/mol. The van der Waals surface area contributed by atoms with E-state index in [2.05, 4.69) is 0 Å². The van der Waals surface area contributed by atoms with Crippen molar-refractivity contribution >= 4 is 75.2 Å². The van der Waals surface area contributed by atoms with Crippen LogP contribution in [0.2, 0.25) is 0 Å². The van der Waals surface area contributed by atoms with E-state index in [4.69, 9.17) is 5.11 Å². The second kappa shape index (κ2) is 8.70. The Labute approximate surface area is 130 Å². The summed E-state index contributed by atoms with van der Waals surface area (Å²) in [5, 5.41) is 10.2. The number of carbonyl (C=O) groups is 1. The number of hydrogen-bond donors (Lipinski definition) is 1. The molecule has 0 aliphatic carbocycles. The van der Waals surface area contributed by atoms with Crippen molar-refractivity contribution < 1.29 is 9.90 Å². The minimum absolute atomic E-state index is 0. The maximum atomic E-state index is 10.2. The number of carboxylic acid groups (broad SMARTS) is 1. The molecule has 0 amide bonds. The van der Waals surface area contributed by atoms with Crippen LogP contribution >= 0.6 is 11.8 Å². The molecule has 0 unspecified atom stereocenters. The molecule has 2 nitrogen and oxygen atoms in total. The molecule has 0 aromatic heterocycles. The van der Waals surface area contributed by atoms with Crippen LogP contribution in [0.3, 0.4) is 0 Å². The van der Waals surface area contributed by atoms with Crippen molar-refractivity contribution in [2.45, 2.75) is 0 Å². The smallest absolute Gasteiger partial charge is 0.313 e. The Morgan fingerprint density at radius 2 is 2.00 bits per heavy atom. The average molecular weight is 233 g/mol. The molecule has 69 valence electrons. The molecule has 0 saturated heterocycles. The van der Waals surface area contributed by atoms with Gasteiger partial charge in [-0.1, -0.05) is 30.3 Å². The van der Waals surface area contributed by atoms with Crippen LogP contribution in [0.4, 0.5) is 0 Å². The van der Waals surface area contributed by atoms with Crippen LogP contribution in [-0.4, -0.2) is 68.2 Å². The van der Waals surface area contributed by atoms with E-state index in [0.29, 0.717) is 0 Å². The van der Waals surface area contributed by atoms with Crippen LogP contribution in [0.25, 0.3) is 6.08 Å². The first kappa shape index (κ1) is 14.4. The molecule has 14 heavy (non-hydrogen) atoms. The van der Waals surface area contributed by atoms with Crippen molar-refractivity contribution in [1.82, 2.24) is 0 Å². The first-order chi connectivity index (χ1) is 6.29. The van der Waals surface area contributed by atoms with Gasteiger partial charge >= 0.3 is 5.97 Å². The fraction of sp³-hybridized carbons (Fsp3) is 0.100. The van der Waals surface area contributed by atoms with E-state index < -0.39 is 5.97 Å². The number of thioether (sulfide) groups is 1. The van der Waals surface area contributed by atoms with Gasteiger partial charge in [0.05, 0.1) is 5.75 Å². The summed E-state index contributed by atoms with van der Waals surface area (Å²) in [4.78, 5) is 10.2. The van der Waals surface area contributed by atoms with Crippen molar-refractivity contribution in [2.24, 2.45) is 0 Å². The summed E-state index contributed by atoms with van der Waals surface area (Å²) in [6.07, 6.45) is 1.90. The van der Waals surface area contributed by atoms with Crippen molar-refractivity contribution in [1.29, 1.82) is 0 Å². The summed E-state index contributed by atoms with van der Waals surface area (Å²) in [6.45, 7) is 0. The molecule has 0 fully saturated rings. The zero-order chi connectivity index (χ0) is 9.52. The van der Waals surface area contributed by atoms with Crippen LogP contribution in [0.15, 0.2) is 35.7 Å². The van der Waals surface area contributed by atoms with Gasteiger partial charge in [0, 0.05) is 51.4 Å². The van der Waals surface area contributed by atoms with E-state index in [1.807, 2.05) is 36.4 Å². The Hall–Kier alpha value is 0.416. The Bertz CT molecular complexity index is 298. The maximum Gasteiger partial charge on any atom is 0.313 e. The first-order valence-corrected chi connectivity index (χ1v) is 4.89. The number of benzene rings is 1. The third-order valence-corrected chi connectivity index (χ3v) is 2.11. The fourth-order valence-electron chi connectivity index (χ4n) is 0.810. The number of rotatable bonds is 4. The summed E-state index contributed by atoms with van der Waals surface area (Å²) in [7, 11) is 0. The fourth-order valence-corrected chi connectivity index (χ4v) is 1.30. The third-order valence-electron chi connectivity index (χ3n) is 1.36. The Morgan fingerprint density at radius 3 is 2.57 bits per heavy atom. The molecule has 0 saturated carbocycles. The molecule has 1 aromatic rings. The minimum atomic E-state index is -0.789. The van der Waals surface area contributed by atoms with Gasteiger partial charge in [0.2, 0.25) is 0 Å². The largest absolute Gasteiger partial charge is 0.481 e. The molecule has 0 heterocycles. The van der Waals surface area contributed by atoms with Gasteiger partial charge in [0.25, 0.3) is 0 Å². The van der Waals surface area contributed by atoms with Gasteiger partial charge in [0.1, 0.15) is 0 Å². The van der Waals surface area contributed by atoms with Gasteiger partial charge < -0.3 is 5.11 Å². The quantitative estimate of drug-likeness (QED) is 0.809. The number of aliphatic carboxylic acids is 1. The molecule has 0 bridgehead atoms. The summed E-state index contributed by atoms with van der Waals surface area (Å²) in [6, 6.07) is 9.78. The molecule has 1 aromatic carbocycles. The summed E-state index contributed by atoms with van der Waals surface area (Å²) >= 11 is 1.28. The predicted octanol–water partition coefficient (Wildman–Crippen LogP) is 2.09. The van der Waals surface area contributed by atoms with E-state index in [0.717, 1.165) is 5.56 Å². The average Bonchev–Trinajstić information content (AvgIpc) is 2.14.